The lowest BCUT2D eigenvalue weighted by molar-refractivity contribution is 1.34. The third kappa shape index (κ3) is 6.00. The van der Waals surface area contributed by atoms with Gasteiger partial charge in [-0.3, -0.25) is 0 Å². The molecule has 0 aliphatic heterocycles. The number of thioether (sulfide) groups is 2. The van der Waals surface area contributed by atoms with Gasteiger partial charge in [-0.15, -0.1) is 0 Å². The molecule has 0 aromatic heterocycles. The Morgan fingerprint density at radius 3 is 1.22 bits per heavy atom. The fourth-order valence-corrected chi connectivity index (χ4v) is 5.24. The first-order valence-corrected chi connectivity index (χ1v) is 12.7. The summed E-state index contributed by atoms with van der Waals surface area (Å²) in [6.07, 6.45) is 0. The first-order chi connectivity index (χ1) is 17.6. The predicted molar refractivity (Wildman–Crippen MR) is 149 cm³/mol. The Labute approximate surface area is 219 Å². The summed E-state index contributed by atoms with van der Waals surface area (Å²) in [6.45, 7) is 0. The van der Waals surface area contributed by atoms with E-state index < -0.39 is 0 Å². The van der Waals surface area contributed by atoms with Crippen LogP contribution in [0.4, 0.5) is 0 Å². The van der Waals surface area contributed by atoms with Crippen molar-refractivity contribution in [1.29, 1.82) is 10.5 Å². The van der Waals surface area contributed by atoms with Crippen LogP contribution in [-0.2, 0) is 0 Å². The second-order valence-electron chi connectivity index (χ2n) is 7.69. The van der Waals surface area contributed by atoms with Gasteiger partial charge in [0.15, 0.2) is 0 Å². The zero-order chi connectivity index (χ0) is 25.3. The SMILES string of the molecule is N#CC(=C(/N)Sc1cccc(-c2ccccc2)c1)/C(C#N)=C(\N)Sc1cccc(-c2ccccc2)c1. The summed E-state index contributed by atoms with van der Waals surface area (Å²) < 4.78 is 0. The molecule has 4 aromatic carbocycles. The van der Waals surface area contributed by atoms with Gasteiger partial charge >= 0.3 is 0 Å². The maximum absolute atomic E-state index is 9.87. The quantitative estimate of drug-likeness (QED) is 0.156. The molecule has 4 nitrogen and oxygen atoms in total. The number of rotatable bonds is 7. The lowest BCUT2D eigenvalue weighted by atomic mass is 10.1. The van der Waals surface area contributed by atoms with Gasteiger partial charge in [0.25, 0.3) is 0 Å². The zero-order valence-electron chi connectivity index (χ0n) is 19.3. The smallest absolute Gasteiger partial charge is 0.103 e. The summed E-state index contributed by atoms with van der Waals surface area (Å²) in [5, 5.41) is 20.2. The van der Waals surface area contributed by atoms with Crippen molar-refractivity contribution in [2.75, 3.05) is 0 Å². The minimum atomic E-state index is 0.0665. The van der Waals surface area contributed by atoms with Crippen LogP contribution in [0.1, 0.15) is 0 Å². The first-order valence-electron chi connectivity index (χ1n) is 11.1. The van der Waals surface area contributed by atoms with Crippen molar-refractivity contribution in [2.24, 2.45) is 11.5 Å². The Kier molecular flexibility index (Phi) is 8.16. The molecule has 0 aliphatic carbocycles. The highest BCUT2D eigenvalue weighted by Crippen LogP contribution is 2.34. The Bertz CT molecular complexity index is 1400. The molecule has 0 radical (unpaired) electrons. The summed E-state index contributed by atoms with van der Waals surface area (Å²) in [5.74, 6) is 0. The number of nitrogens with two attached hydrogens (primary N) is 2. The molecular formula is C30H22N4S2. The van der Waals surface area contributed by atoms with Crippen LogP contribution in [0.2, 0.25) is 0 Å². The van der Waals surface area contributed by atoms with Crippen LogP contribution in [0.15, 0.2) is 140 Å². The highest BCUT2D eigenvalue weighted by atomic mass is 32.2. The molecule has 6 heteroatoms. The molecule has 0 saturated heterocycles. The van der Waals surface area contributed by atoms with Gasteiger partial charge in [-0.2, -0.15) is 10.5 Å². The van der Waals surface area contributed by atoms with Crippen molar-refractivity contribution in [3.8, 4) is 34.4 Å². The van der Waals surface area contributed by atoms with Gasteiger partial charge in [-0.1, -0.05) is 108 Å². The number of hydrogen-bond acceptors (Lipinski definition) is 6. The second-order valence-corrected chi connectivity index (χ2v) is 9.92. The van der Waals surface area contributed by atoms with Crippen molar-refractivity contribution in [3.63, 3.8) is 0 Å². The minimum absolute atomic E-state index is 0.0665. The van der Waals surface area contributed by atoms with Gasteiger partial charge in [-0.05, 0) is 46.5 Å². The van der Waals surface area contributed by atoms with Crippen LogP contribution in [-0.4, -0.2) is 0 Å². The molecular weight excluding hydrogens is 480 g/mol. The van der Waals surface area contributed by atoms with E-state index in [2.05, 4.69) is 12.1 Å². The van der Waals surface area contributed by atoms with Gasteiger partial charge in [-0.25, -0.2) is 0 Å². The average Bonchev–Trinajstić information content (AvgIpc) is 2.92. The number of benzene rings is 4. The Morgan fingerprint density at radius 1 is 0.500 bits per heavy atom. The van der Waals surface area contributed by atoms with E-state index in [1.165, 1.54) is 23.5 Å². The van der Waals surface area contributed by atoms with Crippen molar-refractivity contribution in [2.45, 2.75) is 9.79 Å². The maximum Gasteiger partial charge on any atom is 0.103 e. The van der Waals surface area contributed by atoms with Crippen LogP contribution < -0.4 is 11.5 Å². The van der Waals surface area contributed by atoms with E-state index in [4.69, 9.17) is 11.5 Å². The van der Waals surface area contributed by atoms with Crippen LogP contribution in [0.3, 0.4) is 0 Å². The molecule has 4 rings (SSSR count). The molecule has 0 heterocycles. The second kappa shape index (κ2) is 11.9. The third-order valence-electron chi connectivity index (χ3n) is 5.30. The van der Waals surface area contributed by atoms with Crippen LogP contribution >= 0.6 is 23.5 Å². The van der Waals surface area contributed by atoms with E-state index in [0.717, 1.165) is 32.0 Å². The molecule has 36 heavy (non-hydrogen) atoms. The first kappa shape index (κ1) is 24.8. The molecule has 4 N–H and O–H groups in total. The maximum atomic E-state index is 9.87. The number of allylic oxidation sites excluding steroid dienone is 2. The van der Waals surface area contributed by atoms with E-state index in [1.807, 2.05) is 109 Å². The lowest BCUT2D eigenvalue weighted by Gasteiger charge is -2.10. The molecule has 0 aliphatic rings. The highest BCUT2D eigenvalue weighted by Gasteiger charge is 2.16. The molecule has 0 unspecified atom stereocenters. The van der Waals surface area contributed by atoms with Gasteiger partial charge in [0, 0.05) is 9.79 Å². The van der Waals surface area contributed by atoms with Crippen LogP contribution in [0.25, 0.3) is 22.3 Å². The number of hydrogen-bond donors (Lipinski definition) is 2. The third-order valence-corrected chi connectivity index (χ3v) is 7.13. The van der Waals surface area contributed by atoms with E-state index in [-0.39, 0.29) is 21.2 Å². The molecule has 4 aromatic rings. The van der Waals surface area contributed by atoms with Crippen LogP contribution in [0, 0.1) is 22.7 Å². The van der Waals surface area contributed by atoms with Crippen molar-refractivity contribution < 1.29 is 0 Å². The fourth-order valence-electron chi connectivity index (χ4n) is 3.56. The van der Waals surface area contributed by atoms with Crippen molar-refractivity contribution in [1.82, 2.24) is 0 Å². The monoisotopic (exact) mass is 502 g/mol. The van der Waals surface area contributed by atoms with E-state index >= 15 is 0 Å². The number of nitrogens with zero attached hydrogens (tertiary/aromatic N) is 2. The summed E-state index contributed by atoms with van der Waals surface area (Å²) in [6, 6.07) is 39.9. The fraction of sp³-hybridized carbons (Fsp3) is 0. The summed E-state index contributed by atoms with van der Waals surface area (Å²) in [5.41, 5.74) is 17.0. The largest absolute Gasteiger partial charge is 0.392 e. The Hall–Kier alpha value is -4.36. The van der Waals surface area contributed by atoms with Gasteiger partial charge in [0.2, 0.25) is 0 Å². The normalized spacial score (nSPS) is 12.1. The van der Waals surface area contributed by atoms with Gasteiger partial charge in [0.1, 0.15) is 23.3 Å². The van der Waals surface area contributed by atoms with Gasteiger partial charge < -0.3 is 11.5 Å². The topological polar surface area (TPSA) is 99.6 Å². The minimum Gasteiger partial charge on any atom is -0.392 e. The van der Waals surface area contributed by atoms with E-state index in [1.54, 1.807) is 0 Å². The standard InChI is InChI=1S/C30H22N4S2/c31-19-27(29(33)35-25-15-7-13-23(17-25)21-9-3-1-4-10-21)28(20-32)30(34)36-26-16-8-14-24(18-26)22-11-5-2-6-12-22/h1-18H,33-34H2/b29-27+,30-28+. The Morgan fingerprint density at radius 2 is 0.861 bits per heavy atom. The summed E-state index contributed by atoms with van der Waals surface area (Å²) >= 11 is 2.47. The molecule has 0 amide bonds. The lowest BCUT2D eigenvalue weighted by Crippen LogP contribution is -2.05. The molecule has 0 atom stereocenters. The molecule has 0 bridgehead atoms. The number of nitriles is 2. The van der Waals surface area contributed by atoms with E-state index in [0.29, 0.717) is 0 Å². The van der Waals surface area contributed by atoms with Crippen molar-refractivity contribution in [3.05, 3.63) is 130 Å². The summed E-state index contributed by atoms with van der Waals surface area (Å²) in [7, 11) is 0. The molecule has 0 spiro atoms. The molecule has 0 fully saturated rings. The molecule has 174 valence electrons. The highest BCUT2D eigenvalue weighted by molar-refractivity contribution is 8.03. The van der Waals surface area contributed by atoms with E-state index in [9.17, 15) is 10.5 Å². The average molecular weight is 503 g/mol. The van der Waals surface area contributed by atoms with Gasteiger partial charge in [0.05, 0.1) is 10.1 Å². The van der Waals surface area contributed by atoms with Crippen LogP contribution in [0.5, 0.6) is 0 Å². The van der Waals surface area contributed by atoms with Crippen molar-refractivity contribution >= 4 is 23.5 Å². The predicted octanol–water partition coefficient (Wildman–Crippen LogP) is 7.29. The Balaban J connectivity index is 1.61. The zero-order valence-corrected chi connectivity index (χ0v) is 20.9. The molecule has 0 saturated carbocycles. The summed E-state index contributed by atoms with van der Waals surface area (Å²) in [4.78, 5) is 1.72.